The number of rotatable bonds is 4. The minimum absolute atomic E-state index is 0.644. The van der Waals surface area contributed by atoms with Gasteiger partial charge in [0.25, 0.3) is 0 Å². The number of anilines is 1. The first-order chi connectivity index (χ1) is 8.67. The number of thiophene rings is 1. The third-order valence-corrected chi connectivity index (χ3v) is 4.11. The van der Waals surface area contributed by atoms with Crippen molar-refractivity contribution in [3.05, 3.63) is 49.6 Å². The lowest BCUT2D eigenvalue weighted by Crippen LogP contribution is -2.04. The highest BCUT2D eigenvalue weighted by Gasteiger charge is 2.00. The molecule has 5 heteroatoms. The van der Waals surface area contributed by atoms with Gasteiger partial charge in [0.15, 0.2) is 0 Å². The maximum atomic E-state index is 8.88. The fraction of sp³-hybridized carbons (Fsp3) is 0.154. The van der Waals surface area contributed by atoms with Crippen LogP contribution in [-0.2, 0) is 6.42 Å². The molecule has 1 N–H and O–H groups in total. The molecule has 0 atom stereocenters. The molecule has 0 spiro atoms. The SMILES string of the molecule is N#Cc1cc(Br)cc(NCCc2ccc(Cl)s2)c1. The third-order valence-electron chi connectivity index (χ3n) is 2.36. The van der Waals surface area contributed by atoms with Gasteiger partial charge in [0.2, 0.25) is 0 Å². The Kier molecular flexibility index (Phi) is 4.65. The van der Waals surface area contributed by atoms with Crippen molar-refractivity contribution >= 4 is 44.6 Å². The molecule has 0 unspecified atom stereocenters. The van der Waals surface area contributed by atoms with E-state index in [1.54, 1.807) is 17.4 Å². The predicted octanol–water partition coefficient (Wildman–Crippen LogP) is 4.69. The van der Waals surface area contributed by atoms with Gasteiger partial charge in [0, 0.05) is 21.6 Å². The molecule has 0 saturated carbocycles. The van der Waals surface area contributed by atoms with Crippen LogP contribution in [0.1, 0.15) is 10.4 Å². The van der Waals surface area contributed by atoms with Gasteiger partial charge in [-0.1, -0.05) is 27.5 Å². The molecule has 1 heterocycles. The Morgan fingerprint density at radius 2 is 2.17 bits per heavy atom. The van der Waals surface area contributed by atoms with Gasteiger partial charge in [-0.3, -0.25) is 0 Å². The summed E-state index contributed by atoms with van der Waals surface area (Å²) in [5.41, 5.74) is 1.59. The van der Waals surface area contributed by atoms with Crippen LogP contribution in [0, 0.1) is 11.3 Å². The van der Waals surface area contributed by atoms with Crippen molar-refractivity contribution in [3.63, 3.8) is 0 Å². The molecule has 0 aliphatic carbocycles. The van der Waals surface area contributed by atoms with Crippen molar-refractivity contribution in [2.24, 2.45) is 0 Å². The summed E-state index contributed by atoms with van der Waals surface area (Å²) in [6, 6.07) is 11.7. The molecule has 1 aromatic heterocycles. The summed E-state index contributed by atoms with van der Waals surface area (Å²) < 4.78 is 1.72. The Morgan fingerprint density at radius 1 is 1.33 bits per heavy atom. The maximum Gasteiger partial charge on any atom is 0.0992 e. The van der Waals surface area contributed by atoms with Gasteiger partial charge in [0.05, 0.1) is 16.0 Å². The van der Waals surface area contributed by atoms with Crippen LogP contribution in [0.5, 0.6) is 0 Å². The first-order valence-corrected chi connectivity index (χ1v) is 7.35. The molecular formula is C13H10BrClN2S. The van der Waals surface area contributed by atoms with Crippen LogP contribution in [0.4, 0.5) is 5.69 Å². The van der Waals surface area contributed by atoms with E-state index in [0.717, 1.165) is 27.5 Å². The lowest BCUT2D eigenvalue weighted by atomic mass is 10.2. The van der Waals surface area contributed by atoms with Crippen LogP contribution in [0.25, 0.3) is 0 Å². The van der Waals surface area contributed by atoms with Crippen molar-refractivity contribution in [3.8, 4) is 6.07 Å². The first-order valence-electron chi connectivity index (χ1n) is 5.36. The summed E-state index contributed by atoms with van der Waals surface area (Å²) in [4.78, 5) is 1.25. The smallest absolute Gasteiger partial charge is 0.0992 e. The van der Waals surface area contributed by atoms with E-state index in [2.05, 4.69) is 27.3 Å². The lowest BCUT2D eigenvalue weighted by Gasteiger charge is -2.06. The quantitative estimate of drug-likeness (QED) is 0.875. The fourth-order valence-electron chi connectivity index (χ4n) is 1.57. The number of nitrogens with one attached hydrogen (secondary N) is 1. The monoisotopic (exact) mass is 340 g/mol. The number of hydrogen-bond acceptors (Lipinski definition) is 3. The Labute approximate surface area is 123 Å². The number of benzene rings is 1. The zero-order chi connectivity index (χ0) is 13.0. The normalized spacial score (nSPS) is 10.1. The largest absolute Gasteiger partial charge is 0.385 e. The second kappa shape index (κ2) is 6.24. The molecule has 2 aromatic rings. The molecule has 0 saturated heterocycles. The zero-order valence-electron chi connectivity index (χ0n) is 9.41. The maximum absolute atomic E-state index is 8.88. The van der Waals surface area contributed by atoms with Crippen LogP contribution in [0.3, 0.4) is 0 Å². The number of nitriles is 1. The molecule has 18 heavy (non-hydrogen) atoms. The van der Waals surface area contributed by atoms with Crippen molar-refractivity contribution in [1.82, 2.24) is 0 Å². The van der Waals surface area contributed by atoms with Gasteiger partial charge in [-0.2, -0.15) is 5.26 Å². The molecular weight excluding hydrogens is 332 g/mol. The highest BCUT2D eigenvalue weighted by Crippen LogP contribution is 2.22. The number of halogens is 2. The second-order valence-electron chi connectivity index (χ2n) is 3.72. The molecule has 0 aliphatic heterocycles. The zero-order valence-corrected chi connectivity index (χ0v) is 12.6. The Balaban J connectivity index is 1.94. The van der Waals surface area contributed by atoms with E-state index >= 15 is 0 Å². The highest BCUT2D eigenvalue weighted by atomic mass is 79.9. The van der Waals surface area contributed by atoms with E-state index in [1.165, 1.54) is 4.88 Å². The summed E-state index contributed by atoms with van der Waals surface area (Å²) >= 11 is 10.9. The van der Waals surface area contributed by atoms with Crippen LogP contribution in [-0.4, -0.2) is 6.54 Å². The van der Waals surface area contributed by atoms with Gasteiger partial charge in [0.1, 0.15) is 0 Å². The fourth-order valence-corrected chi connectivity index (χ4v) is 3.15. The van der Waals surface area contributed by atoms with E-state index in [1.807, 2.05) is 24.3 Å². The van der Waals surface area contributed by atoms with Crippen LogP contribution < -0.4 is 5.32 Å². The molecule has 0 bridgehead atoms. The minimum Gasteiger partial charge on any atom is -0.385 e. The summed E-state index contributed by atoms with van der Waals surface area (Å²) in [5, 5.41) is 12.2. The standard InChI is InChI=1S/C13H10BrClN2S/c14-10-5-9(8-16)6-11(7-10)17-4-3-12-1-2-13(15)18-12/h1-2,5-7,17H,3-4H2. The number of hydrogen-bond donors (Lipinski definition) is 1. The van der Waals surface area contributed by atoms with E-state index in [-0.39, 0.29) is 0 Å². The molecule has 0 amide bonds. The summed E-state index contributed by atoms with van der Waals surface area (Å²) in [7, 11) is 0. The molecule has 92 valence electrons. The summed E-state index contributed by atoms with van der Waals surface area (Å²) in [5.74, 6) is 0. The minimum atomic E-state index is 0.644. The Morgan fingerprint density at radius 3 is 2.83 bits per heavy atom. The molecule has 2 rings (SSSR count). The van der Waals surface area contributed by atoms with Gasteiger partial charge in [-0.05, 0) is 36.8 Å². The highest BCUT2D eigenvalue weighted by molar-refractivity contribution is 9.10. The number of nitrogens with zero attached hydrogens (tertiary/aromatic N) is 1. The Bertz CT molecular complexity index is 589. The van der Waals surface area contributed by atoms with Crippen molar-refractivity contribution in [2.45, 2.75) is 6.42 Å². The van der Waals surface area contributed by atoms with Crippen LogP contribution in [0.2, 0.25) is 4.34 Å². The van der Waals surface area contributed by atoms with E-state index in [4.69, 9.17) is 16.9 Å². The molecule has 0 radical (unpaired) electrons. The second-order valence-corrected chi connectivity index (χ2v) is 6.44. The summed E-state index contributed by atoms with van der Waals surface area (Å²) in [6.45, 7) is 0.818. The van der Waals surface area contributed by atoms with Gasteiger partial charge in [-0.25, -0.2) is 0 Å². The van der Waals surface area contributed by atoms with Gasteiger partial charge in [-0.15, -0.1) is 11.3 Å². The van der Waals surface area contributed by atoms with Gasteiger partial charge < -0.3 is 5.32 Å². The van der Waals surface area contributed by atoms with E-state index in [0.29, 0.717) is 5.56 Å². The van der Waals surface area contributed by atoms with Gasteiger partial charge >= 0.3 is 0 Å². The molecule has 0 aliphatic rings. The van der Waals surface area contributed by atoms with Crippen molar-refractivity contribution < 1.29 is 0 Å². The Hall–Kier alpha value is -1.02. The first kappa shape index (κ1) is 13.4. The van der Waals surface area contributed by atoms with Crippen molar-refractivity contribution in [2.75, 3.05) is 11.9 Å². The third kappa shape index (κ3) is 3.74. The molecule has 2 nitrogen and oxygen atoms in total. The summed E-state index contributed by atoms with van der Waals surface area (Å²) in [6.07, 6.45) is 0.922. The average Bonchev–Trinajstić information content (AvgIpc) is 2.74. The van der Waals surface area contributed by atoms with Crippen LogP contribution in [0.15, 0.2) is 34.8 Å². The van der Waals surface area contributed by atoms with E-state index < -0.39 is 0 Å². The molecule has 0 fully saturated rings. The van der Waals surface area contributed by atoms with Crippen LogP contribution >= 0.6 is 38.9 Å². The lowest BCUT2D eigenvalue weighted by molar-refractivity contribution is 1.04. The van der Waals surface area contributed by atoms with E-state index in [9.17, 15) is 0 Å². The topological polar surface area (TPSA) is 35.8 Å². The molecule has 1 aromatic carbocycles. The van der Waals surface area contributed by atoms with Crippen molar-refractivity contribution in [1.29, 1.82) is 5.26 Å². The predicted molar refractivity (Wildman–Crippen MR) is 80.4 cm³/mol. The average molecular weight is 342 g/mol.